The summed E-state index contributed by atoms with van der Waals surface area (Å²) in [4.78, 5) is 40.0. The lowest BCUT2D eigenvalue weighted by atomic mass is 9.76. The monoisotopic (exact) mass is 359 g/mol. The molecule has 0 aromatic carbocycles. The number of allylic oxidation sites excluding steroid dienone is 2. The fraction of sp³-hybridized carbons (Fsp3) is 0.526. The maximum Gasteiger partial charge on any atom is 0.289 e. The van der Waals surface area contributed by atoms with Crippen molar-refractivity contribution in [1.29, 1.82) is 0 Å². The molecule has 2 amide bonds. The molecule has 1 aliphatic carbocycles. The van der Waals surface area contributed by atoms with Crippen molar-refractivity contribution in [2.75, 3.05) is 26.2 Å². The molecule has 0 N–H and O–H groups in total. The van der Waals surface area contributed by atoms with Gasteiger partial charge in [0.1, 0.15) is 0 Å². The van der Waals surface area contributed by atoms with Gasteiger partial charge in [-0.05, 0) is 38.8 Å². The minimum Gasteiger partial charge on any atom is -0.550 e. The molecule has 0 bridgehead atoms. The highest BCUT2D eigenvalue weighted by Crippen LogP contribution is 2.35. The van der Waals surface area contributed by atoms with Crippen LogP contribution in [0.1, 0.15) is 37.2 Å². The third kappa shape index (κ3) is 3.52. The van der Waals surface area contributed by atoms with Crippen molar-refractivity contribution in [3.63, 3.8) is 0 Å². The number of carboxylic acids is 1. The number of rotatable bonds is 3. The van der Waals surface area contributed by atoms with Gasteiger partial charge in [-0.2, -0.15) is 0 Å². The third-order valence-electron chi connectivity index (χ3n) is 5.50. The van der Waals surface area contributed by atoms with Crippen LogP contribution < -0.4 is 5.11 Å². The Hall–Kier alpha value is -2.57. The molecule has 2 aliphatic rings. The molecule has 26 heavy (non-hydrogen) atoms. The van der Waals surface area contributed by atoms with Crippen LogP contribution in [0.25, 0.3) is 0 Å². The lowest BCUT2D eigenvalue weighted by Crippen LogP contribution is -2.54. The van der Waals surface area contributed by atoms with Gasteiger partial charge < -0.3 is 24.1 Å². The fourth-order valence-corrected chi connectivity index (χ4v) is 3.72. The number of carboxylic acid groups (broad SMARTS) is 1. The van der Waals surface area contributed by atoms with E-state index in [1.165, 1.54) is 6.26 Å². The number of hydrogen-bond acceptors (Lipinski definition) is 5. The van der Waals surface area contributed by atoms with Crippen LogP contribution >= 0.6 is 0 Å². The number of nitrogens with zero attached hydrogens (tertiary/aromatic N) is 2. The number of carbonyl (C=O) groups is 3. The molecule has 1 aromatic heterocycles. The van der Waals surface area contributed by atoms with Crippen LogP contribution in [0.2, 0.25) is 0 Å². The SMILES string of the molecule is CC1=C(C)C[C@H](C(=O)N2CCN(C(=O)c3ccco3)CC2)[C@@H](C(=O)[O-])C1. The Kier molecular flexibility index (Phi) is 5.15. The van der Waals surface area contributed by atoms with Crippen LogP contribution in [0.3, 0.4) is 0 Å². The minimum absolute atomic E-state index is 0.156. The van der Waals surface area contributed by atoms with Gasteiger partial charge in [-0.25, -0.2) is 0 Å². The summed E-state index contributed by atoms with van der Waals surface area (Å²) in [6.45, 7) is 5.45. The number of hydrogen-bond donors (Lipinski definition) is 0. The van der Waals surface area contributed by atoms with E-state index < -0.39 is 17.8 Å². The molecule has 1 fully saturated rings. The molecule has 1 aromatic rings. The molecule has 140 valence electrons. The Labute approximate surface area is 152 Å². The molecule has 2 atom stereocenters. The van der Waals surface area contributed by atoms with Crippen LogP contribution in [0.15, 0.2) is 34.0 Å². The van der Waals surface area contributed by atoms with Crippen LogP contribution in [0.5, 0.6) is 0 Å². The molecule has 0 unspecified atom stereocenters. The molecule has 7 nitrogen and oxygen atoms in total. The summed E-state index contributed by atoms with van der Waals surface area (Å²) in [5.74, 6) is -2.60. The van der Waals surface area contributed by atoms with Crippen molar-refractivity contribution in [3.05, 3.63) is 35.3 Å². The third-order valence-corrected chi connectivity index (χ3v) is 5.50. The van der Waals surface area contributed by atoms with Crippen LogP contribution in [-0.2, 0) is 9.59 Å². The van der Waals surface area contributed by atoms with E-state index >= 15 is 0 Å². The Morgan fingerprint density at radius 1 is 1.00 bits per heavy atom. The summed E-state index contributed by atoms with van der Waals surface area (Å²) in [6, 6.07) is 3.28. The molecule has 0 spiro atoms. The summed E-state index contributed by atoms with van der Waals surface area (Å²) >= 11 is 0. The van der Waals surface area contributed by atoms with Gasteiger partial charge in [-0.1, -0.05) is 11.1 Å². The average Bonchev–Trinajstić information content (AvgIpc) is 3.17. The van der Waals surface area contributed by atoms with Gasteiger partial charge in [-0.3, -0.25) is 9.59 Å². The van der Waals surface area contributed by atoms with Gasteiger partial charge >= 0.3 is 0 Å². The van der Waals surface area contributed by atoms with Crippen LogP contribution in [0.4, 0.5) is 0 Å². The van der Waals surface area contributed by atoms with E-state index in [2.05, 4.69) is 0 Å². The van der Waals surface area contributed by atoms with E-state index in [1.807, 2.05) is 13.8 Å². The number of piperazine rings is 1. The molecule has 0 radical (unpaired) electrons. The van der Waals surface area contributed by atoms with E-state index in [0.29, 0.717) is 39.0 Å². The Balaban J connectivity index is 1.64. The predicted octanol–water partition coefficient (Wildman–Crippen LogP) is 0.677. The molecular weight excluding hydrogens is 336 g/mol. The van der Waals surface area contributed by atoms with E-state index in [0.717, 1.165) is 11.1 Å². The van der Waals surface area contributed by atoms with Gasteiger partial charge in [-0.15, -0.1) is 0 Å². The van der Waals surface area contributed by atoms with Crippen LogP contribution in [-0.4, -0.2) is 53.8 Å². The highest BCUT2D eigenvalue weighted by Gasteiger charge is 2.37. The topological polar surface area (TPSA) is 93.9 Å². The summed E-state index contributed by atoms with van der Waals surface area (Å²) in [5.41, 5.74) is 2.10. The summed E-state index contributed by atoms with van der Waals surface area (Å²) in [5, 5.41) is 11.5. The molecule has 1 aliphatic heterocycles. The normalized spacial score (nSPS) is 23.9. The Bertz CT molecular complexity index is 729. The number of amides is 2. The first-order chi connectivity index (χ1) is 12.4. The zero-order chi connectivity index (χ0) is 18.8. The van der Waals surface area contributed by atoms with Gasteiger partial charge in [0.25, 0.3) is 5.91 Å². The van der Waals surface area contributed by atoms with Crippen molar-refractivity contribution in [3.8, 4) is 0 Å². The van der Waals surface area contributed by atoms with Crippen LogP contribution in [0, 0.1) is 11.8 Å². The summed E-state index contributed by atoms with van der Waals surface area (Å²) < 4.78 is 5.13. The molecule has 2 heterocycles. The second kappa shape index (κ2) is 7.35. The molecule has 1 saturated heterocycles. The van der Waals surface area contributed by atoms with Crippen molar-refractivity contribution in [1.82, 2.24) is 9.80 Å². The lowest BCUT2D eigenvalue weighted by Gasteiger charge is -2.39. The number of furan rings is 1. The highest BCUT2D eigenvalue weighted by atomic mass is 16.4. The second-order valence-corrected chi connectivity index (χ2v) is 7.10. The van der Waals surface area contributed by atoms with Crippen molar-refractivity contribution < 1.29 is 23.9 Å². The second-order valence-electron chi connectivity index (χ2n) is 7.10. The maximum atomic E-state index is 12.9. The van der Waals surface area contributed by atoms with E-state index in [1.54, 1.807) is 21.9 Å². The first kappa shape index (κ1) is 18.2. The van der Waals surface area contributed by atoms with E-state index in [9.17, 15) is 19.5 Å². The average molecular weight is 359 g/mol. The first-order valence-electron chi connectivity index (χ1n) is 8.86. The Morgan fingerprint density at radius 2 is 1.58 bits per heavy atom. The summed E-state index contributed by atoms with van der Waals surface area (Å²) in [6.07, 6.45) is 2.27. The molecule has 3 rings (SSSR count). The molecular formula is C19H23N2O5-. The first-order valence-corrected chi connectivity index (χ1v) is 8.86. The Morgan fingerprint density at radius 3 is 2.12 bits per heavy atom. The van der Waals surface area contributed by atoms with Gasteiger partial charge in [0.2, 0.25) is 5.91 Å². The van der Waals surface area contributed by atoms with Crippen molar-refractivity contribution in [2.45, 2.75) is 26.7 Å². The van der Waals surface area contributed by atoms with Crippen molar-refractivity contribution in [2.24, 2.45) is 11.8 Å². The minimum atomic E-state index is -1.16. The standard InChI is InChI=1S/C19H24N2O5/c1-12-10-14(15(19(24)25)11-13(12)2)17(22)20-5-7-21(8-6-20)18(23)16-4-3-9-26-16/h3-4,9,14-15H,5-8,10-11H2,1-2H3,(H,24,25)/p-1/t14-,15-/m0/s1. The smallest absolute Gasteiger partial charge is 0.289 e. The van der Waals surface area contributed by atoms with Gasteiger partial charge in [0, 0.05) is 38.1 Å². The number of carbonyl (C=O) groups excluding carboxylic acids is 3. The summed E-state index contributed by atoms with van der Waals surface area (Å²) in [7, 11) is 0. The zero-order valence-corrected chi connectivity index (χ0v) is 15.1. The zero-order valence-electron chi connectivity index (χ0n) is 15.1. The predicted molar refractivity (Wildman–Crippen MR) is 90.8 cm³/mol. The van der Waals surface area contributed by atoms with Gasteiger partial charge in [0.15, 0.2) is 5.76 Å². The van der Waals surface area contributed by atoms with Gasteiger partial charge in [0.05, 0.1) is 12.2 Å². The van der Waals surface area contributed by atoms with Crippen molar-refractivity contribution >= 4 is 17.8 Å². The molecule has 0 saturated carbocycles. The van der Waals surface area contributed by atoms with E-state index in [4.69, 9.17) is 4.42 Å². The fourth-order valence-electron chi connectivity index (χ4n) is 3.72. The quantitative estimate of drug-likeness (QED) is 0.740. The highest BCUT2D eigenvalue weighted by molar-refractivity contribution is 5.91. The molecule has 7 heteroatoms. The maximum absolute atomic E-state index is 12.9. The largest absolute Gasteiger partial charge is 0.550 e. The van der Waals surface area contributed by atoms with E-state index in [-0.39, 0.29) is 17.6 Å². The lowest BCUT2D eigenvalue weighted by molar-refractivity contribution is -0.313. The number of aliphatic carboxylic acids is 1.